The Morgan fingerprint density at radius 3 is 2.86 bits per heavy atom. The Kier molecular flexibility index (Phi) is 2.48. The number of para-hydroxylation sites is 1. The molecule has 0 spiro atoms. The Morgan fingerprint density at radius 1 is 1.43 bits per heavy atom. The summed E-state index contributed by atoms with van der Waals surface area (Å²) in [5.74, 6) is 1.87. The first-order valence-electron chi connectivity index (χ1n) is 4.80. The number of hydrogen-bond acceptors (Lipinski definition) is 3. The molecular formula is C11H14O3. The Labute approximate surface area is 83.3 Å². The number of ether oxygens (including phenoxy) is 2. The van der Waals surface area contributed by atoms with Gasteiger partial charge in [0.1, 0.15) is 0 Å². The Bertz CT molecular complexity index is 318. The molecule has 1 aliphatic rings. The molecule has 0 bridgehead atoms. The molecule has 0 radical (unpaired) electrons. The van der Waals surface area contributed by atoms with Crippen molar-refractivity contribution in [1.29, 1.82) is 0 Å². The number of benzene rings is 1. The summed E-state index contributed by atoms with van der Waals surface area (Å²) in [6.45, 7) is 0.722. The molecule has 2 rings (SSSR count). The van der Waals surface area contributed by atoms with Gasteiger partial charge in [0.05, 0.1) is 13.7 Å². The predicted octanol–water partition coefficient (Wildman–Crippen LogP) is 2.19. The molecule has 3 nitrogen and oxygen atoms in total. The molecular weight excluding hydrogens is 180 g/mol. The number of hydrogen-bond donors (Lipinski definition) is 1. The number of methoxy groups -OCH3 is 1. The van der Waals surface area contributed by atoms with E-state index >= 15 is 0 Å². The molecule has 1 aliphatic carbocycles. The molecule has 0 unspecified atom stereocenters. The summed E-state index contributed by atoms with van der Waals surface area (Å²) in [4.78, 5) is 0. The van der Waals surface area contributed by atoms with Crippen LogP contribution in [0.2, 0.25) is 0 Å². The van der Waals surface area contributed by atoms with Gasteiger partial charge in [-0.1, -0.05) is 6.07 Å². The lowest BCUT2D eigenvalue weighted by Gasteiger charge is -2.10. The lowest BCUT2D eigenvalue weighted by atomic mass is 10.3. The Balaban J connectivity index is 2.09. The number of phenolic OH excluding ortho intramolecular Hbond substituents is 1. The van der Waals surface area contributed by atoms with Crippen molar-refractivity contribution in [2.75, 3.05) is 13.7 Å². The van der Waals surface area contributed by atoms with Crippen LogP contribution in [-0.2, 0) is 0 Å². The maximum Gasteiger partial charge on any atom is 0.203 e. The van der Waals surface area contributed by atoms with Crippen LogP contribution in [0.15, 0.2) is 18.2 Å². The van der Waals surface area contributed by atoms with Crippen molar-refractivity contribution in [2.24, 2.45) is 5.92 Å². The lowest BCUT2D eigenvalue weighted by Crippen LogP contribution is -2.00. The Morgan fingerprint density at radius 2 is 2.21 bits per heavy atom. The van der Waals surface area contributed by atoms with Gasteiger partial charge in [-0.25, -0.2) is 0 Å². The van der Waals surface area contributed by atoms with Crippen LogP contribution >= 0.6 is 0 Å². The maximum absolute atomic E-state index is 9.47. The normalized spacial score (nSPS) is 15.2. The van der Waals surface area contributed by atoms with E-state index in [-0.39, 0.29) is 5.75 Å². The molecule has 0 saturated heterocycles. The second-order valence-electron chi connectivity index (χ2n) is 3.56. The first-order chi connectivity index (χ1) is 6.81. The second-order valence-corrected chi connectivity index (χ2v) is 3.56. The summed E-state index contributed by atoms with van der Waals surface area (Å²) >= 11 is 0. The van der Waals surface area contributed by atoms with E-state index in [2.05, 4.69) is 0 Å². The first kappa shape index (κ1) is 9.19. The summed E-state index contributed by atoms with van der Waals surface area (Å²) < 4.78 is 10.6. The number of aromatic hydroxyl groups is 1. The van der Waals surface area contributed by atoms with Crippen LogP contribution in [0.3, 0.4) is 0 Å². The van der Waals surface area contributed by atoms with Gasteiger partial charge in [-0.05, 0) is 30.9 Å². The highest BCUT2D eigenvalue weighted by Crippen LogP contribution is 2.37. The van der Waals surface area contributed by atoms with Crippen molar-refractivity contribution in [1.82, 2.24) is 0 Å². The average Bonchev–Trinajstić information content (AvgIpc) is 2.98. The standard InChI is InChI=1S/C11H14O3/c1-13-11-9(12)3-2-4-10(11)14-7-8-5-6-8/h2-4,8,12H,5-7H2,1H3. The van der Waals surface area contributed by atoms with Crippen molar-refractivity contribution in [2.45, 2.75) is 12.8 Å². The van der Waals surface area contributed by atoms with Crippen LogP contribution in [0.25, 0.3) is 0 Å². The van der Waals surface area contributed by atoms with Crippen LogP contribution in [-0.4, -0.2) is 18.8 Å². The smallest absolute Gasteiger partial charge is 0.203 e. The highest BCUT2D eigenvalue weighted by Gasteiger charge is 2.22. The molecule has 0 amide bonds. The highest BCUT2D eigenvalue weighted by molar-refractivity contribution is 5.50. The van der Waals surface area contributed by atoms with E-state index in [4.69, 9.17) is 9.47 Å². The van der Waals surface area contributed by atoms with Gasteiger partial charge in [0, 0.05) is 0 Å². The van der Waals surface area contributed by atoms with Gasteiger partial charge in [0.25, 0.3) is 0 Å². The minimum atomic E-state index is 0.126. The van der Waals surface area contributed by atoms with Crippen molar-refractivity contribution in [3.8, 4) is 17.2 Å². The minimum absolute atomic E-state index is 0.126. The summed E-state index contributed by atoms with van der Waals surface area (Å²) in [6.07, 6.45) is 2.50. The van der Waals surface area contributed by atoms with Crippen molar-refractivity contribution >= 4 is 0 Å². The first-order valence-corrected chi connectivity index (χ1v) is 4.80. The van der Waals surface area contributed by atoms with Crippen LogP contribution < -0.4 is 9.47 Å². The van der Waals surface area contributed by atoms with E-state index in [0.29, 0.717) is 17.4 Å². The van der Waals surface area contributed by atoms with Gasteiger partial charge in [0.2, 0.25) is 5.75 Å². The topological polar surface area (TPSA) is 38.7 Å². The highest BCUT2D eigenvalue weighted by atomic mass is 16.5. The van der Waals surface area contributed by atoms with Crippen LogP contribution in [0.1, 0.15) is 12.8 Å². The molecule has 1 saturated carbocycles. The van der Waals surface area contributed by atoms with Crippen LogP contribution in [0, 0.1) is 5.92 Å². The van der Waals surface area contributed by atoms with E-state index in [1.54, 1.807) is 18.2 Å². The number of rotatable bonds is 4. The molecule has 0 atom stereocenters. The van der Waals surface area contributed by atoms with Crippen LogP contribution in [0.5, 0.6) is 17.2 Å². The molecule has 0 aliphatic heterocycles. The Hall–Kier alpha value is -1.38. The zero-order valence-electron chi connectivity index (χ0n) is 8.19. The predicted molar refractivity (Wildman–Crippen MR) is 52.9 cm³/mol. The summed E-state index contributed by atoms with van der Waals surface area (Å²) in [6, 6.07) is 5.14. The SMILES string of the molecule is COc1c(O)cccc1OCC1CC1. The molecule has 14 heavy (non-hydrogen) atoms. The summed E-state index contributed by atoms with van der Waals surface area (Å²) in [5.41, 5.74) is 0. The summed E-state index contributed by atoms with van der Waals surface area (Å²) in [7, 11) is 1.53. The van der Waals surface area contributed by atoms with Gasteiger partial charge >= 0.3 is 0 Å². The quantitative estimate of drug-likeness (QED) is 0.798. The van der Waals surface area contributed by atoms with Gasteiger partial charge in [-0.15, -0.1) is 0 Å². The van der Waals surface area contributed by atoms with Gasteiger partial charge in [0.15, 0.2) is 11.5 Å². The van der Waals surface area contributed by atoms with Gasteiger partial charge in [-0.3, -0.25) is 0 Å². The fraction of sp³-hybridized carbons (Fsp3) is 0.455. The molecule has 1 N–H and O–H groups in total. The zero-order valence-corrected chi connectivity index (χ0v) is 8.19. The van der Waals surface area contributed by atoms with E-state index in [0.717, 1.165) is 6.61 Å². The monoisotopic (exact) mass is 194 g/mol. The van der Waals surface area contributed by atoms with E-state index in [1.807, 2.05) is 0 Å². The molecule has 1 aromatic carbocycles. The lowest BCUT2D eigenvalue weighted by molar-refractivity contribution is 0.274. The van der Waals surface area contributed by atoms with Crippen molar-refractivity contribution in [3.63, 3.8) is 0 Å². The average molecular weight is 194 g/mol. The van der Waals surface area contributed by atoms with Gasteiger partial charge in [-0.2, -0.15) is 0 Å². The molecule has 76 valence electrons. The fourth-order valence-electron chi connectivity index (χ4n) is 1.32. The van der Waals surface area contributed by atoms with Crippen LogP contribution in [0.4, 0.5) is 0 Å². The van der Waals surface area contributed by atoms with Crippen molar-refractivity contribution in [3.05, 3.63) is 18.2 Å². The third-order valence-corrected chi connectivity index (χ3v) is 2.33. The van der Waals surface area contributed by atoms with E-state index < -0.39 is 0 Å². The second kappa shape index (κ2) is 3.78. The largest absolute Gasteiger partial charge is 0.504 e. The van der Waals surface area contributed by atoms with Gasteiger partial charge < -0.3 is 14.6 Å². The maximum atomic E-state index is 9.47. The molecule has 0 heterocycles. The van der Waals surface area contributed by atoms with E-state index in [9.17, 15) is 5.11 Å². The third kappa shape index (κ3) is 1.92. The molecule has 0 aromatic heterocycles. The number of phenols is 1. The summed E-state index contributed by atoms with van der Waals surface area (Å²) in [5, 5.41) is 9.47. The third-order valence-electron chi connectivity index (χ3n) is 2.33. The minimum Gasteiger partial charge on any atom is -0.504 e. The molecule has 1 fully saturated rings. The molecule has 3 heteroatoms. The van der Waals surface area contributed by atoms with Crippen molar-refractivity contribution < 1.29 is 14.6 Å². The molecule has 1 aromatic rings. The zero-order chi connectivity index (χ0) is 9.97. The fourth-order valence-corrected chi connectivity index (χ4v) is 1.32. The van der Waals surface area contributed by atoms with E-state index in [1.165, 1.54) is 20.0 Å².